The maximum atomic E-state index is 13.0. The molecule has 0 aliphatic carbocycles. The lowest BCUT2D eigenvalue weighted by atomic mass is 10.1. The Bertz CT molecular complexity index is 1020. The molecule has 0 saturated carbocycles. The van der Waals surface area contributed by atoms with Crippen LogP contribution in [0.2, 0.25) is 10.0 Å². The molecule has 1 saturated heterocycles. The maximum Gasteiger partial charge on any atom is 0.270 e. The minimum atomic E-state index is -0.633. The van der Waals surface area contributed by atoms with Gasteiger partial charge >= 0.3 is 0 Å². The van der Waals surface area contributed by atoms with Crippen molar-refractivity contribution in [3.8, 4) is 5.75 Å². The van der Waals surface area contributed by atoms with E-state index < -0.39 is 11.8 Å². The van der Waals surface area contributed by atoms with Crippen LogP contribution in [0.4, 0.5) is 5.69 Å². The lowest BCUT2D eigenvalue weighted by molar-refractivity contribution is -0.122. The summed E-state index contributed by atoms with van der Waals surface area (Å²) in [5, 5.41) is 12.8. The molecule has 2 amide bonds. The smallest absolute Gasteiger partial charge is 0.270 e. The average molecular weight is 551 g/mol. The number of hydrogen-bond acceptors (Lipinski definition) is 4. The van der Waals surface area contributed by atoms with Crippen molar-refractivity contribution in [2.24, 2.45) is 0 Å². The van der Waals surface area contributed by atoms with Gasteiger partial charge in [0.2, 0.25) is 0 Å². The summed E-state index contributed by atoms with van der Waals surface area (Å²) in [6.07, 6.45) is 1.39. The second kappa shape index (κ2) is 7.89. The number of amides is 2. The van der Waals surface area contributed by atoms with Gasteiger partial charge in [-0.1, -0.05) is 23.2 Å². The molecule has 5 nitrogen and oxygen atoms in total. The highest BCUT2D eigenvalue weighted by molar-refractivity contribution is 9.11. The lowest BCUT2D eigenvalue weighted by Gasteiger charge is -2.29. The van der Waals surface area contributed by atoms with E-state index in [1.165, 1.54) is 18.2 Å². The third-order valence-corrected chi connectivity index (χ3v) is 5.63. The number of carbonyl (C=O) groups excluding carboxylic acids is 2. The highest BCUT2D eigenvalue weighted by Crippen LogP contribution is 2.35. The summed E-state index contributed by atoms with van der Waals surface area (Å²) in [5.41, 5.74) is 0.675. The monoisotopic (exact) mass is 548 g/mol. The SMILES string of the molecule is O=C1NC(=S)N(c2ccc(Cl)cc2Cl)C(=O)/C1=C/c1cc(Br)c(O)c(Br)c1. The molecule has 0 radical (unpaired) electrons. The standard InChI is InChI=1S/C17H8Br2Cl2N2O3S/c18-10-4-7(5-11(19)14(10)24)3-9-15(25)22-17(27)23(16(9)26)13-2-1-8(20)6-12(13)21/h1-6,24H,(H,22,25,27)/b9-3+. The van der Waals surface area contributed by atoms with Crippen LogP contribution in [0.15, 0.2) is 44.9 Å². The predicted molar refractivity (Wildman–Crippen MR) is 116 cm³/mol. The number of anilines is 1. The van der Waals surface area contributed by atoms with E-state index >= 15 is 0 Å². The minimum Gasteiger partial charge on any atom is -0.506 e. The van der Waals surface area contributed by atoms with Crippen LogP contribution in [-0.4, -0.2) is 22.0 Å². The Kier molecular flexibility index (Phi) is 5.93. The number of phenols is 1. The van der Waals surface area contributed by atoms with Crippen molar-refractivity contribution < 1.29 is 14.7 Å². The van der Waals surface area contributed by atoms with Crippen LogP contribution in [0, 0.1) is 0 Å². The van der Waals surface area contributed by atoms with Crippen LogP contribution < -0.4 is 10.2 Å². The van der Waals surface area contributed by atoms with Gasteiger partial charge in [0.15, 0.2) is 5.11 Å². The molecule has 1 aliphatic rings. The normalized spacial score (nSPS) is 16.1. The molecule has 3 rings (SSSR count). The Morgan fingerprint density at radius 3 is 2.33 bits per heavy atom. The summed E-state index contributed by atoms with van der Waals surface area (Å²) in [6, 6.07) is 7.72. The van der Waals surface area contributed by atoms with E-state index in [2.05, 4.69) is 37.2 Å². The van der Waals surface area contributed by atoms with Crippen molar-refractivity contribution in [1.82, 2.24) is 5.32 Å². The Balaban J connectivity index is 2.07. The summed E-state index contributed by atoms with van der Waals surface area (Å²) < 4.78 is 0.807. The number of phenolic OH excluding ortho intramolecular Hbond substituents is 1. The van der Waals surface area contributed by atoms with Crippen LogP contribution >= 0.6 is 67.3 Å². The molecule has 2 aromatic rings. The second-order valence-corrected chi connectivity index (χ2v) is 8.33. The van der Waals surface area contributed by atoms with Gasteiger partial charge in [-0.25, -0.2) is 0 Å². The topological polar surface area (TPSA) is 69.6 Å². The molecule has 0 atom stereocenters. The number of nitrogens with zero attached hydrogens (tertiary/aromatic N) is 1. The highest BCUT2D eigenvalue weighted by Gasteiger charge is 2.35. The van der Waals surface area contributed by atoms with Crippen molar-refractivity contribution in [2.75, 3.05) is 4.90 Å². The fourth-order valence-corrected chi connectivity index (χ4v) is 4.36. The summed E-state index contributed by atoms with van der Waals surface area (Å²) in [7, 11) is 0. The number of benzene rings is 2. The molecule has 1 aliphatic heterocycles. The zero-order valence-electron chi connectivity index (χ0n) is 13.1. The number of nitrogens with one attached hydrogen (secondary N) is 1. The first-order valence-electron chi connectivity index (χ1n) is 7.23. The summed E-state index contributed by atoms with van der Waals surface area (Å²) in [6.45, 7) is 0. The minimum absolute atomic E-state index is 0.00678. The van der Waals surface area contributed by atoms with Crippen molar-refractivity contribution in [3.05, 3.63) is 60.5 Å². The molecular weight excluding hydrogens is 543 g/mol. The molecular formula is C17H8Br2Cl2N2O3S. The fourth-order valence-electron chi connectivity index (χ4n) is 2.37. The number of rotatable bonds is 2. The van der Waals surface area contributed by atoms with Crippen LogP contribution in [-0.2, 0) is 9.59 Å². The van der Waals surface area contributed by atoms with Crippen molar-refractivity contribution >= 4 is 96.0 Å². The van der Waals surface area contributed by atoms with Crippen LogP contribution in [0.3, 0.4) is 0 Å². The van der Waals surface area contributed by atoms with Gasteiger partial charge in [-0.3, -0.25) is 19.8 Å². The van der Waals surface area contributed by atoms with Crippen molar-refractivity contribution in [1.29, 1.82) is 0 Å². The third kappa shape index (κ3) is 4.05. The summed E-state index contributed by atoms with van der Waals surface area (Å²) >= 11 is 23.6. The number of halogens is 4. The van der Waals surface area contributed by atoms with E-state index in [4.69, 9.17) is 35.4 Å². The highest BCUT2D eigenvalue weighted by atomic mass is 79.9. The zero-order chi connectivity index (χ0) is 19.9. The summed E-state index contributed by atoms with van der Waals surface area (Å²) in [5.74, 6) is -1.26. The largest absolute Gasteiger partial charge is 0.506 e. The second-order valence-electron chi connectivity index (χ2n) is 5.39. The Morgan fingerprint density at radius 1 is 1.11 bits per heavy atom. The Labute approximate surface area is 186 Å². The third-order valence-electron chi connectivity index (χ3n) is 3.60. The van der Waals surface area contributed by atoms with Gasteiger partial charge in [-0.2, -0.15) is 0 Å². The molecule has 1 heterocycles. The maximum absolute atomic E-state index is 13.0. The Morgan fingerprint density at radius 2 is 1.74 bits per heavy atom. The zero-order valence-corrected chi connectivity index (χ0v) is 18.6. The van der Waals surface area contributed by atoms with Crippen molar-refractivity contribution in [2.45, 2.75) is 0 Å². The van der Waals surface area contributed by atoms with Crippen LogP contribution in [0.5, 0.6) is 5.75 Å². The molecule has 2 aromatic carbocycles. The van der Waals surface area contributed by atoms with Crippen LogP contribution in [0.1, 0.15) is 5.56 Å². The molecule has 0 spiro atoms. The Hall–Kier alpha value is -1.45. The lowest BCUT2D eigenvalue weighted by Crippen LogP contribution is -2.54. The number of aromatic hydroxyl groups is 1. The van der Waals surface area contributed by atoms with Gasteiger partial charge < -0.3 is 5.11 Å². The molecule has 1 fully saturated rings. The molecule has 0 aromatic heterocycles. The molecule has 0 unspecified atom stereocenters. The van der Waals surface area contributed by atoms with Crippen LogP contribution in [0.25, 0.3) is 6.08 Å². The van der Waals surface area contributed by atoms with Gasteiger partial charge in [-0.05, 0) is 86.0 Å². The first-order chi connectivity index (χ1) is 12.7. The molecule has 0 bridgehead atoms. The molecule has 10 heteroatoms. The van der Waals surface area contributed by atoms with E-state index in [0.29, 0.717) is 25.2 Å². The van der Waals surface area contributed by atoms with E-state index in [1.54, 1.807) is 18.2 Å². The number of carbonyl (C=O) groups is 2. The van der Waals surface area contributed by atoms with Gasteiger partial charge in [0, 0.05) is 5.02 Å². The first kappa shape index (κ1) is 20.3. The summed E-state index contributed by atoms with van der Waals surface area (Å²) in [4.78, 5) is 26.4. The van der Waals surface area contributed by atoms with E-state index in [9.17, 15) is 14.7 Å². The first-order valence-corrected chi connectivity index (χ1v) is 9.98. The van der Waals surface area contributed by atoms with Gasteiger partial charge in [0.25, 0.3) is 11.8 Å². The molecule has 138 valence electrons. The van der Waals surface area contributed by atoms with Gasteiger partial charge in [0.1, 0.15) is 11.3 Å². The van der Waals surface area contributed by atoms with E-state index in [1.807, 2.05) is 0 Å². The quantitative estimate of drug-likeness (QED) is 0.312. The molecule has 2 N–H and O–H groups in total. The van der Waals surface area contributed by atoms with Gasteiger partial charge in [0.05, 0.1) is 19.7 Å². The van der Waals surface area contributed by atoms with E-state index in [0.717, 1.165) is 4.90 Å². The van der Waals surface area contributed by atoms with Crippen molar-refractivity contribution in [3.63, 3.8) is 0 Å². The fraction of sp³-hybridized carbons (Fsp3) is 0. The van der Waals surface area contributed by atoms with Gasteiger partial charge in [-0.15, -0.1) is 0 Å². The average Bonchev–Trinajstić information content (AvgIpc) is 2.58. The predicted octanol–water partition coefficient (Wildman–Crippen LogP) is 5.06. The molecule has 27 heavy (non-hydrogen) atoms. The van der Waals surface area contributed by atoms with E-state index in [-0.39, 0.29) is 21.5 Å². The number of hydrogen-bond donors (Lipinski definition) is 2. The number of thiocarbonyl (C=S) groups is 1.